The van der Waals surface area contributed by atoms with Crippen LogP contribution in [0.3, 0.4) is 0 Å². The van der Waals surface area contributed by atoms with Crippen LogP contribution in [0.1, 0.15) is 233 Å². The van der Waals surface area contributed by atoms with E-state index in [1.54, 1.807) is 61.2 Å². The number of aryl methyl sites for hydroxylation is 10. The molecule has 1 amide bonds. The number of nitrogens with zero attached hydrogens (tertiary/aromatic N) is 1. The second-order valence-corrected chi connectivity index (χ2v) is 27.3. The number of aliphatic hydroxyl groups is 1. The Morgan fingerprint density at radius 3 is 1.10 bits per heavy atom. The highest BCUT2D eigenvalue weighted by molar-refractivity contribution is 6.25. The first-order valence-electron chi connectivity index (χ1n) is 37.7. The number of benzene rings is 5. The van der Waals surface area contributed by atoms with Crippen molar-refractivity contribution in [3.63, 3.8) is 0 Å². The Bertz CT molecular complexity index is 3410. The summed E-state index contributed by atoms with van der Waals surface area (Å²) in [4.78, 5) is 47.8. The third kappa shape index (κ3) is 32.6. The van der Waals surface area contributed by atoms with Gasteiger partial charge in [-0.05, 0) is 247 Å². The highest BCUT2D eigenvalue weighted by atomic mass is 20.0. The summed E-state index contributed by atoms with van der Waals surface area (Å²) in [5.41, 5.74) is 17.0. The summed E-state index contributed by atoms with van der Waals surface area (Å²) in [6, 6.07) is 23.0. The number of carboxylic acids is 1. The number of ketones is 1. The molecule has 5 aliphatic carbocycles. The van der Waals surface area contributed by atoms with E-state index in [0.29, 0.717) is 32.7 Å². The van der Waals surface area contributed by atoms with Crippen molar-refractivity contribution in [1.29, 1.82) is 0 Å². The van der Waals surface area contributed by atoms with Crippen molar-refractivity contribution >= 4 is 31.2 Å². The van der Waals surface area contributed by atoms with E-state index in [0.717, 1.165) is 96.6 Å². The molecule has 5 aromatic carbocycles. The monoisotopic (exact) mass is 1490 g/mol. The Kier molecular flexibility index (Phi) is 44.8. The molecule has 1 radical (unpaired) electrons. The van der Waals surface area contributed by atoms with E-state index in [2.05, 4.69) is 53.8 Å². The minimum atomic E-state index is -2.63. The van der Waals surface area contributed by atoms with E-state index >= 15 is 0 Å². The van der Waals surface area contributed by atoms with Gasteiger partial charge >= 0.3 is 19.5 Å². The number of esters is 1. The SMILES string of the molecule is C.CCO.CC[B]F.COC(=O)Cc1cc2c(cc1OC)CCCCC2.COc1cc2c(cc1C(C)=O)CCCCC2.COc1cc2c(cc1CC(=O)N1CCC(F)(F)CC1)CCCCC2.COc1cc2c(cc1CC(=O)O)CCCCC2.COc1ccc2c(c1)CCCCC2.FC1(F)CCNCC1.FF. The van der Waals surface area contributed by atoms with E-state index in [4.69, 9.17) is 47.8 Å². The third-order valence-electron chi connectivity index (χ3n) is 19.7. The van der Waals surface area contributed by atoms with Crippen LogP contribution in [0, 0.1) is 0 Å². The lowest BCUT2D eigenvalue weighted by Crippen LogP contribution is -2.43. The van der Waals surface area contributed by atoms with Crippen LogP contribution in [0.15, 0.2) is 66.7 Å². The number of amides is 1. The smallest absolute Gasteiger partial charge is 0.354 e. The van der Waals surface area contributed by atoms with Crippen molar-refractivity contribution in [2.24, 2.45) is 0 Å². The van der Waals surface area contributed by atoms with Gasteiger partial charge in [-0.2, -0.15) is 0 Å². The molecule has 12 rings (SSSR count). The molecule has 0 bridgehead atoms. The molecular formula is C84H121BF7N2O12. The zero-order valence-corrected chi connectivity index (χ0v) is 63.9. The van der Waals surface area contributed by atoms with E-state index < -0.39 is 17.8 Å². The lowest BCUT2D eigenvalue weighted by molar-refractivity contribution is -0.140. The summed E-state index contributed by atoms with van der Waals surface area (Å²) in [6.07, 6.45) is 30.6. The summed E-state index contributed by atoms with van der Waals surface area (Å²) in [5, 5.41) is 19.3. The van der Waals surface area contributed by atoms with Crippen LogP contribution >= 0.6 is 0 Å². The lowest BCUT2D eigenvalue weighted by atomic mass is 9.97. The number of aliphatic carboxylic acids is 1. The molecule has 0 spiro atoms. The average Bonchev–Trinajstić information content (AvgIpc) is 1.27. The first kappa shape index (κ1) is 92.9. The first-order chi connectivity index (χ1) is 50.6. The standard InChI is InChI=1S/C19H25F2NO2.C15H20O3.C14H18O3.C14H18O2.C12H16O.C5H9F2N.C2H5BF.C2H6O.CH4.F2/c1-24-17-12-15-6-4-2-3-5-14(15)11-16(17)13-18(23)22-9-7-19(20,21)8-10-22;1-17-14-9-12-7-5-3-4-6-11(12)8-13(14)10-15(16)18-2;1-17-13-8-11-6-4-2-3-5-10(11)7-12(13)9-14(15)16;1-10(15)13-8-11-6-4-3-5-7-12(11)9-14(13)16-2;1-13-12-8-7-10-5-3-2-4-6-11(10)9-12;6-5(7)1-3-8-4-2-5;1-2-3-4;1-2-3;;1-2/h11-12H,2-10,13H2,1H3;8-9H,3-7,10H2,1-2H3;7-8H,2-6,9H2,1H3,(H,15,16);8-9H,3-7H2,1-2H3;7-9H,2-6H2,1H3;8H,1-4H2;2H2,1H3;3H,2H2,1H3;1H4;. The Labute approximate surface area is 628 Å². The van der Waals surface area contributed by atoms with Gasteiger partial charge in [-0.1, -0.05) is 70.7 Å². The zero-order chi connectivity index (χ0) is 77.2. The van der Waals surface area contributed by atoms with Crippen molar-refractivity contribution in [2.45, 2.75) is 252 Å². The molecule has 0 aromatic heterocycles. The molecule has 14 nitrogen and oxygen atoms in total. The van der Waals surface area contributed by atoms with E-state index in [-0.39, 0.29) is 89.7 Å². The Balaban J connectivity index is 0.000000328. The predicted octanol–water partition coefficient (Wildman–Crippen LogP) is 18.7. The normalized spacial score (nSPS) is 16.3. The van der Waals surface area contributed by atoms with Crippen molar-refractivity contribution < 1.29 is 88.8 Å². The topological polar surface area (TPSA) is 179 Å². The maximum Gasteiger partial charge on any atom is 0.354 e. The molecule has 591 valence electrons. The van der Waals surface area contributed by atoms with Crippen LogP contribution in [0.2, 0.25) is 6.32 Å². The van der Waals surface area contributed by atoms with Gasteiger partial charge in [0.1, 0.15) is 28.7 Å². The molecule has 5 aromatic rings. The summed E-state index contributed by atoms with van der Waals surface area (Å²) < 4.78 is 109. The van der Waals surface area contributed by atoms with Crippen molar-refractivity contribution in [2.75, 3.05) is 75.4 Å². The Hall–Kier alpha value is -7.33. The minimum absolute atomic E-state index is 0. The number of halogens is 7. The molecule has 22 heteroatoms. The molecule has 0 unspecified atom stereocenters. The maximum absolute atomic E-state index is 13.3. The number of alkyl halides is 4. The molecule has 0 saturated carbocycles. The molecule has 7 aliphatic rings. The molecular weight excluding hydrogens is 1370 g/mol. The number of carbonyl (C=O) groups excluding carboxylic acids is 3. The molecule has 3 N–H and O–H groups in total. The summed E-state index contributed by atoms with van der Waals surface area (Å²) in [7, 11) is 10.3. The highest BCUT2D eigenvalue weighted by Gasteiger charge is 2.36. The number of carbonyl (C=O) groups is 4. The number of piperidine rings is 2. The van der Waals surface area contributed by atoms with Crippen molar-refractivity contribution in [3.05, 3.63) is 145 Å². The molecule has 2 aliphatic heterocycles. The van der Waals surface area contributed by atoms with Crippen LogP contribution in [-0.2, 0) is 103 Å². The van der Waals surface area contributed by atoms with Crippen LogP contribution in [-0.4, -0.2) is 134 Å². The first-order valence-corrected chi connectivity index (χ1v) is 37.7. The number of likely N-dealkylation sites (tertiary alicyclic amines) is 1. The predicted molar refractivity (Wildman–Crippen MR) is 409 cm³/mol. The van der Waals surface area contributed by atoms with Crippen LogP contribution in [0.4, 0.5) is 31.0 Å². The summed E-state index contributed by atoms with van der Waals surface area (Å²) in [6.45, 7) is 6.49. The zero-order valence-electron chi connectivity index (χ0n) is 63.9. The Morgan fingerprint density at radius 1 is 0.462 bits per heavy atom. The summed E-state index contributed by atoms with van der Waals surface area (Å²) >= 11 is 0. The summed E-state index contributed by atoms with van der Waals surface area (Å²) in [5.74, 6) is -2.04. The lowest BCUT2D eigenvalue weighted by Gasteiger charge is -2.32. The fourth-order valence-corrected chi connectivity index (χ4v) is 13.9. The van der Waals surface area contributed by atoms with Gasteiger partial charge in [0, 0.05) is 84.3 Å². The van der Waals surface area contributed by atoms with Gasteiger partial charge in [0.15, 0.2) is 5.78 Å². The number of fused-ring (bicyclic) bond motifs is 5. The van der Waals surface area contributed by atoms with E-state index in [9.17, 15) is 41.1 Å². The molecule has 2 saturated heterocycles. The molecule has 0 atom stereocenters. The van der Waals surface area contributed by atoms with Gasteiger partial charge in [0.05, 0.1) is 67.5 Å². The number of carboxylic acid groups (broad SMARTS) is 1. The van der Waals surface area contributed by atoms with Crippen molar-refractivity contribution in [3.8, 4) is 28.7 Å². The average molecular weight is 1490 g/mol. The van der Waals surface area contributed by atoms with Gasteiger partial charge in [0.2, 0.25) is 5.91 Å². The quantitative estimate of drug-likeness (QED) is 0.0334. The van der Waals surface area contributed by atoms with Crippen molar-refractivity contribution in [1.82, 2.24) is 10.2 Å². The van der Waals surface area contributed by atoms with Gasteiger partial charge < -0.3 is 53.2 Å². The van der Waals surface area contributed by atoms with Gasteiger partial charge in [-0.3, -0.25) is 19.2 Å². The number of hydrogen-bond acceptors (Lipinski definition) is 12. The largest absolute Gasteiger partial charge is 0.497 e. The van der Waals surface area contributed by atoms with Gasteiger partial charge in [0.25, 0.3) is 11.8 Å². The molecule has 2 heterocycles. The molecule has 2 fully saturated rings. The number of rotatable bonds is 13. The molecule has 106 heavy (non-hydrogen) atoms. The number of nitrogens with one attached hydrogen (secondary N) is 1. The maximum atomic E-state index is 13.3. The fraction of sp³-hybridized carbons (Fsp3) is 0.595. The minimum Gasteiger partial charge on any atom is -0.497 e. The van der Waals surface area contributed by atoms with E-state index in [1.165, 1.54) is 172 Å². The number of Topliss-reactive ketones (excluding diaryl/α,β-unsaturated/α-hetero) is 1. The number of hydrogen-bond donors (Lipinski definition) is 3. The van der Waals surface area contributed by atoms with Gasteiger partial charge in [-0.25, -0.2) is 17.6 Å². The van der Waals surface area contributed by atoms with Crippen LogP contribution < -0.4 is 29.0 Å². The second kappa shape index (κ2) is 51.1. The number of ether oxygens (including phenoxy) is 6. The highest BCUT2D eigenvalue weighted by Crippen LogP contribution is 2.35. The van der Waals surface area contributed by atoms with Crippen LogP contribution in [0.5, 0.6) is 28.7 Å². The number of methoxy groups -OCH3 is 6. The van der Waals surface area contributed by atoms with Crippen LogP contribution in [0.25, 0.3) is 0 Å². The third-order valence-corrected chi connectivity index (χ3v) is 19.7. The van der Waals surface area contributed by atoms with E-state index in [1.807, 2.05) is 18.2 Å². The fourth-order valence-electron chi connectivity index (χ4n) is 13.9. The Morgan fingerprint density at radius 2 is 0.783 bits per heavy atom. The van der Waals surface area contributed by atoms with Gasteiger partial charge in [-0.15, -0.1) is 0 Å². The number of aliphatic hydroxyl groups excluding tert-OH is 1. The second-order valence-electron chi connectivity index (χ2n) is 27.3.